The van der Waals surface area contributed by atoms with Crippen molar-refractivity contribution in [3.63, 3.8) is 0 Å². The first kappa shape index (κ1) is 13.2. The average molecular weight is 272 g/mol. The van der Waals surface area contributed by atoms with E-state index in [2.05, 4.69) is 0 Å². The first-order chi connectivity index (χ1) is 9.68. The Morgan fingerprint density at radius 2 is 1.85 bits per heavy atom. The molecule has 20 heavy (non-hydrogen) atoms. The monoisotopic (exact) mass is 272 g/mol. The van der Waals surface area contributed by atoms with Crippen molar-refractivity contribution in [1.29, 1.82) is 0 Å². The van der Waals surface area contributed by atoms with Crippen molar-refractivity contribution in [3.05, 3.63) is 29.8 Å². The minimum atomic E-state index is -0.298. The molecule has 2 amide bonds. The number of hydrogen-bond acceptors (Lipinski definition) is 2. The van der Waals surface area contributed by atoms with Crippen LogP contribution in [0.5, 0.6) is 0 Å². The second-order valence-corrected chi connectivity index (χ2v) is 5.65. The standard InChI is InChI=1S/C16H20N2O2/c1-17-14-8-4-3-7-12(14)13(11-15(17)19)16(20)18-9-5-2-6-10-18/h3-4,7-8,13H,2,5-6,9-11H2,1H3. The zero-order chi connectivity index (χ0) is 14.1. The summed E-state index contributed by atoms with van der Waals surface area (Å²) in [6.07, 6.45) is 3.65. The molecule has 1 aromatic rings. The molecule has 1 aromatic carbocycles. The molecule has 0 N–H and O–H groups in total. The molecular weight excluding hydrogens is 252 g/mol. The number of para-hydroxylation sites is 1. The minimum absolute atomic E-state index is 0.0269. The van der Waals surface area contributed by atoms with E-state index in [4.69, 9.17) is 0 Å². The molecule has 4 heteroatoms. The van der Waals surface area contributed by atoms with E-state index in [-0.39, 0.29) is 17.7 Å². The molecule has 2 aliphatic rings. The van der Waals surface area contributed by atoms with Gasteiger partial charge in [-0.05, 0) is 30.9 Å². The Kier molecular flexibility index (Phi) is 3.47. The van der Waals surface area contributed by atoms with E-state index in [0.29, 0.717) is 6.42 Å². The fourth-order valence-electron chi connectivity index (χ4n) is 3.20. The molecule has 0 spiro atoms. The zero-order valence-corrected chi connectivity index (χ0v) is 11.8. The Labute approximate surface area is 119 Å². The number of piperidine rings is 1. The lowest BCUT2D eigenvalue weighted by molar-refractivity contribution is -0.136. The van der Waals surface area contributed by atoms with Crippen molar-refractivity contribution < 1.29 is 9.59 Å². The molecule has 1 saturated heterocycles. The van der Waals surface area contributed by atoms with Gasteiger partial charge in [-0.1, -0.05) is 18.2 Å². The summed E-state index contributed by atoms with van der Waals surface area (Å²) in [6, 6.07) is 7.75. The number of carbonyl (C=O) groups excluding carboxylic acids is 2. The van der Waals surface area contributed by atoms with Crippen LogP contribution in [0.2, 0.25) is 0 Å². The fourth-order valence-corrected chi connectivity index (χ4v) is 3.20. The molecule has 0 bridgehead atoms. The van der Waals surface area contributed by atoms with Gasteiger partial charge in [-0.2, -0.15) is 0 Å². The highest BCUT2D eigenvalue weighted by molar-refractivity contribution is 6.02. The van der Waals surface area contributed by atoms with Crippen LogP contribution in [-0.4, -0.2) is 36.9 Å². The van der Waals surface area contributed by atoms with Gasteiger partial charge in [-0.25, -0.2) is 0 Å². The van der Waals surface area contributed by atoms with Crippen LogP contribution in [0.3, 0.4) is 0 Å². The predicted molar refractivity (Wildman–Crippen MR) is 77.6 cm³/mol. The van der Waals surface area contributed by atoms with E-state index in [1.54, 1.807) is 11.9 Å². The highest BCUT2D eigenvalue weighted by Crippen LogP contribution is 2.36. The van der Waals surface area contributed by atoms with Gasteiger partial charge in [-0.15, -0.1) is 0 Å². The summed E-state index contributed by atoms with van der Waals surface area (Å²) in [5.74, 6) is -0.148. The summed E-state index contributed by atoms with van der Waals surface area (Å²) >= 11 is 0. The van der Waals surface area contributed by atoms with Crippen LogP contribution in [0.25, 0.3) is 0 Å². The van der Waals surface area contributed by atoms with Crippen molar-refractivity contribution in [2.45, 2.75) is 31.6 Å². The SMILES string of the molecule is CN1C(=O)CC(C(=O)N2CCCCC2)c2ccccc21. The van der Waals surface area contributed by atoms with Gasteiger partial charge in [0.05, 0.1) is 5.92 Å². The quantitative estimate of drug-likeness (QED) is 0.786. The van der Waals surface area contributed by atoms with Crippen molar-refractivity contribution in [2.75, 3.05) is 25.0 Å². The summed E-state index contributed by atoms with van der Waals surface area (Å²) in [5.41, 5.74) is 1.87. The van der Waals surface area contributed by atoms with E-state index in [1.807, 2.05) is 29.2 Å². The Bertz CT molecular complexity index is 535. The number of rotatable bonds is 1. The third-order valence-corrected chi connectivity index (χ3v) is 4.39. The summed E-state index contributed by atoms with van der Waals surface area (Å²) in [6.45, 7) is 1.67. The summed E-state index contributed by atoms with van der Waals surface area (Å²) in [7, 11) is 1.78. The summed E-state index contributed by atoms with van der Waals surface area (Å²) < 4.78 is 0. The average Bonchev–Trinajstić information content (AvgIpc) is 2.51. The maximum absolute atomic E-state index is 12.7. The molecule has 0 radical (unpaired) electrons. The van der Waals surface area contributed by atoms with Gasteiger partial charge >= 0.3 is 0 Å². The van der Waals surface area contributed by atoms with Crippen LogP contribution < -0.4 is 4.90 Å². The van der Waals surface area contributed by atoms with Crippen molar-refractivity contribution in [2.24, 2.45) is 0 Å². The van der Waals surface area contributed by atoms with Crippen LogP contribution in [0.4, 0.5) is 5.69 Å². The molecule has 4 nitrogen and oxygen atoms in total. The van der Waals surface area contributed by atoms with Crippen LogP contribution in [0.15, 0.2) is 24.3 Å². The van der Waals surface area contributed by atoms with Gasteiger partial charge in [-0.3, -0.25) is 9.59 Å². The number of benzene rings is 1. The molecule has 1 fully saturated rings. The van der Waals surface area contributed by atoms with E-state index in [0.717, 1.165) is 37.2 Å². The molecule has 0 aliphatic carbocycles. The maximum Gasteiger partial charge on any atom is 0.230 e. The number of fused-ring (bicyclic) bond motifs is 1. The number of hydrogen-bond donors (Lipinski definition) is 0. The number of likely N-dealkylation sites (tertiary alicyclic amines) is 1. The van der Waals surface area contributed by atoms with Gasteiger partial charge in [0.1, 0.15) is 0 Å². The molecule has 1 unspecified atom stereocenters. The smallest absolute Gasteiger partial charge is 0.230 e. The highest BCUT2D eigenvalue weighted by Gasteiger charge is 2.35. The third kappa shape index (κ3) is 2.19. The lowest BCUT2D eigenvalue weighted by atomic mass is 9.88. The predicted octanol–water partition coefficient (Wildman–Crippen LogP) is 2.15. The van der Waals surface area contributed by atoms with Crippen molar-refractivity contribution >= 4 is 17.5 Å². The van der Waals surface area contributed by atoms with Gasteiger partial charge in [0.15, 0.2) is 0 Å². The van der Waals surface area contributed by atoms with Gasteiger partial charge in [0.2, 0.25) is 11.8 Å². The Morgan fingerprint density at radius 1 is 1.15 bits per heavy atom. The first-order valence-corrected chi connectivity index (χ1v) is 7.33. The second-order valence-electron chi connectivity index (χ2n) is 5.65. The first-order valence-electron chi connectivity index (χ1n) is 7.33. The molecule has 0 aromatic heterocycles. The Balaban J connectivity index is 1.91. The van der Waals surface area contributed by atoms with Gasteiger partial charge < -0.3 is 9.80 Å². The Hall–Kier alpha value is -1.84. The maximum atomic E-state index is 12.7. The molecule has 1 atom stereocenters. The topological polar surface area (TPSA) is 40.6 Å². The second kappa shape index (κ2) is 5.27. The van der Waals surface area contributed by atoms with E-state index in [1.165, 1.54) is 6.42 Å². The zero-order valence-electron chi connectivity index (χ0n) is 11.8. The van der Waals surface area contributed by atoms with E-state index < -0.39 is 0 Å². The van der Waals surface area contributed by atoms with Crippen molar-refractivity contribution in [3.8, 4) is 0 Å². The number of anilines is 1. The van der Waals surface area contributed by atoms with Crippen molar-refractivity contribution in [1.82, 2.24) is 4.90 Å². The normalized spacial score (nSPS) is 22.6. The van der Waals surface area contributed by atoms with E-state index in [9.17, 15) is 9.59 Å². The van der Waals surface area contributed by atoms with Crippen LogP contribution in [-0.2, 0) is 9.59 Å². The Morgan fingerprint density at radius 3 is 2.60 bits per heavy atom. The number of nitrogens with zero attached hydrogens (tertiary/aromatic N) is 2. The highest BCUT2D eigenvalue weighted by atomic mass is 16.2. The summed E-state index contributed by atoms with van der Waals surface area (Å²) in [5, 5.41) is 0. The molecule has 2 heterocycles. The van der Waals surface area contributed by atoms with Crippen LogP contribution in [0, 0.1) is 0 Å². The third-order valence-electron chi connectivity index (χ3n) is 4.39. The minimum Gasteiger partial charge on any atom is -0.342 e. The summed E-state index contributed by atoms with van der Waals surface area (Å²) in [4.78, 5) is 28.4. The number of carbonyl (C=O) groups is 2. The lowest BCUT2D eigenvalue weighted by Crippen LogP contribution is -2.43. The fraction of sp³-hybridized carbons (Fsp3) is 0.500. The molecule has 0 saturated carbocycles. The van der Waals surface area contributed by atoms with Crippen LogP contribution in [0.1, 0.15) is 37.2 Å². The van der Waals surface area contributed by atoms with Gasteiger partial charge in [0, 0.05) is 32.2 Å². The molecule has 2 aliphatic heterocycles. The van der Waals surface area contributed by atoms with Crippen LogP contribution >= 0.6 is 0 Å². The van der Waals surface area contributed by atoms with E-state index >= 15 is 0 Å². The largest absolute Gasteiger partial charge is 0.342 e. The molecule has 3 rings (SSSR count). The number of amides is 2. The molecule has 106 valence electrons. The lowest BCUT2D eigenvalue weighted by Gasteiger charge is -2.35. The molecular formula is C16H20N2O2. The van der Waals surface area contributed by atoms with Gasteiger partial charge in [0.25, 0.3) is 0 Å².